The molecule has 1 rings (SSSR count). The number of carbonyl (C=O) groups is 1. The minimum absolute atomic E-state index is 0.322. The molecule has 1 aromatic rings. The van der Waals surface area contributed by atoms with Crippen LogP contribution in [-0.2, 0) is 28.3 Å². The molecule has 21 heavy (non-hydrogen) atoms. The standard InChI is InChI=1S/C12H11F6NO2/c1-21-10(20)9(19)5-6-4-7(11(13,14)15)2-3-8(6)12(16,17)18/h2-4,9H,5,19H2,1H3/t9-/m1/s1. The van der Waals surface area contributed by atoms with Crippen LogP contribution in [0.4, 0.5) is 26.3 Å². The zero-order chi connectivity index (χ0) is 16.4. The summed E-state index contributed by atoms with van der Waals surface area (Å²) in [6, 6.07) is -0.497. The highest BCUT2D eigenvalue weighted by Crippen LogP contribution is 2.36. The van der Waals surface area contributed by atoms with Crippen molar-refractivity contribution >= 4 is 5.97 Å². The van der Waals surface area contributed by atoms with E-state index in [9.17, 15) is 31.1 Å². The summed E-state index contributed by atoms with van der Waals surface area (Å²) in [5.74, 6) is -1.01. The summed E-state index contributed by atoms with van der Waals surface area (Å²) in [5.41, 5.74) is 2.08. The molecule has 0 saturated heterocycles. The fourth-order valence-corrected chi connectivity index (χ4v) is 1.69. The van der Waals surface area contributed by atoms with Crippen molar-refractivity contribution in [3.8, 4) is 0 Å². The summed E-state index contributed by atoms with van der Waals surface area (Å²) in [7, 11) is 0.971. The number of alkyl halides is 6. The first-order valence-corrected chi connectivity index (χ1v) is 5.57. The quantitative estimate of drug-likeness (QED) is 0.689. The Kier molecular flexibility index (Phi) is 4.87. The van der Waals surface area contributed by atoms with Crippen molar-refractivity contribution in [2.45, 2.75) is 24.8 Å². The third kappa shape index (κ3) is 4.35. The average molecular weight is 315 g/mol. The van der Waals surface area contributed by atoms with Crippen molar-refractivity contribution in [1.29, 1.82) is 0 Å². The van der Waals surface area contributed by atoms with E-state index in [2.05, 4.69) is 4.74 Å². The molecular formula is C12H11F6NO2. The van der Waals surface area contributed by atoms with Crippen molar-refractivity contribution in [2.24, 2.45) is 5.73 Å². The van der Waals surface area contributed by atoms with Gasteiger partial charge in [-0.25, -0.2) is 0 Å². The molecule has 1 aromatic carbocycles. The zero-order valence-electron chi connectivity index (χ0n) is 10.7. The molecule has 0 bridgehead atoms. The highest BCUT2D eigenvalue weighted by atomic mass is 19.4. The van der Waals surface area contributed by atoms with Crippen LogP contribution in [0.3, 0.4) is 0 Å². The normalized spacial score (nSPS) is 13.9. The minimum Gasteiger partial charge on any atom is -0.468 e. The van der Waals surface area contributed by atoms with Crippen molar-refractivity contribution in [1.82, 2.24) is 0 Å². The number of benzene rings is 1. The summed E-state index contributed by atoms with van der Waals surface area (Å²) in [5, 5.41) is 0. The van der Waals surface area contributed by atoms with Crippen LogP contribution in [0.5, 0.6) is 0 Å². The number of hydrogen-bond acceptors (Lipinski definition) is 3. The fraction of sp³-hybridized carbons (Fsp3) is 0.417. The summed E-state index contributed by atoms with van der Waals surface area (Å²) < 4.78 is 80.2. The molecule has 0 aliphatic heterocycles. The molecular weight excluding hydrogens is 304 g/mol. The lowest BCUT2D eigenvalue weighted by molar-refractivity contribution is -0.143. The third-order valence-corrected chi connectivity index (χ3v) is 2.68. The van der Waals surface area contributed by atoms with E-state index in [-0.39, 0.29) is 0 Å². The number of halogens is 6. The second-order valence-corrected chi connectivity index (χ2v) is 4.20. The van der Waals surface area contributed by atoms with Gasteiger partial charge in [0.05, 0.1) is 18.2 Å². The molecule has 1 atom stereocenters. The van der Waals surface area contributed by atoms with Crippen LogP contribution in [-0.4, -0.2) is 19.1 Å². The van der Waals surface area contributed by atoms with Crippen LogP contribution in [0, 0.1) is 0 Å². The van der Waals surface area contributed by atoms with E-state index in [0.717, 1.165) is 7.11 Å². The van der Waals surface area contributed by atoms with E-state index in [0.29, 0.717) is 18.2 Å². The molecule has 9 heteroatoms. The van der Waals surface area contributed by atoms with Crippen LogP contribution in [0.25, 0.3) is 0 Å². The van der Waals surface area contributed by atoms with Crippen molar-refractivity contribution < 1.29 is 35.9 Å². The minimum atomic E-state index is -4.85. The Morgan fingerprint density at radius 2 is 1.76 bits per heavy atom. The van der Waals surface area contributed by atoms with Crippen LogP contribution in [0.2, 0.25) is 0 Å². The van der Waals surface area contributed by atoms with Gasteiger partial charge in [-0.1, -0.05) is 0 Å². The highest BCUT2D eigenvalue weighted by molar-refractivity contribution is 5.75. The van der Waals surface area contributed by atoms with Gasteiger partial charge in [-0.05, 0) is 30.2 Å². The van der Waals surface area contributed by atoms with Crippen LogP contribution < -0.4 is 5.73 Å². The van der Waals surface area contributed by atoms with Gasteiger partial charge in [0.25, 0.3) is 0 Å². The lowest BCUT2D eigenvalue weighted by Crippen LogP contribution is -2.34. The SMILES string of the molecule is COC(=O)[C@H](N)Cc1cc(C(F)(F)F)ccc1C(F)(F)F. The summed E-state index contributed by atoms with van der Waals surface area (Å²) in [6.07, 6.45) is -10.4. The Hall–Kier alpha value is -1.77. The summed E-state index contributed by atoms with van der Waals surface area (Å²) >= 11 is 0. The number of esters is 1. The number of rotatable bonds is 3. The maximum atomic E-state index is 12.8. The van der Waals surface area contributed by atoms with Gasteiger partial charge >= 0.3 is 18.3 Å². The maximum Gasteiger partial charge on any atom is 0.416 e. The van der Waals surface area contributed by atoms with E-state index in [4.69, 9.17) is 5.73 Å². The fourth-order valence-electron chi connectivity index (χ4n) is 1.69. The van der Waals surface area contributed by atoms with Gasteiger partial charge < -0.3 is 10.5 Å². The predicted octanol–water partition coefficient (Wildman–Crippen LogP) is 2.77. The van der Waals surface area contributed by atoms with Gasteiger partial charge in [-0.15, -0.1) is 0 Å². The molecule has 0 unspecified atom stereocenters. The van der Waals surface area contributed by atoms with Gasteiger partial charge in [-0.2, -0.15) is 26.3 Å². The number of carbonyl (C=O) groups excluding carboxylic acids is 1. The Morgan fingerprint density at radius 3 is 2.19 bits per heavy atom. The van der Waals surface area contributed by atoms with Gasteiger partial charge in [0.15, 0.2) is 0 Å². The average Bonchev–Trinajstić information content (AvgIpc) is 2.35. The van der Waals surface area contributed by atoms with E-state index >= 15 is 0 Å². The molecule has 0 amide bonds. The second kappa shape index (κ2) is 5.92. The molecule has 0 aliphatic carbocycles. The molecule has 0 spiro atoms. The lowest BCUT2D eigenvalue weighted by Gasteiger charge is -2.17. The van der Waals surface area contributed by atoms with Gasteiger partial charge in [0.2, 0.25) is 0 Å². The van der Waals surface area contributed by atoms with Crippen molar-refractivity contribution in [3.63, 3.8) is 0 Å². The smallest absolute Gasteiger partial charge is 0.416 e. The molecule has 3 nitrogen and oxygen atoms in total. The van der Waals surface area contributed by atoms with Crippen LogP contribution in [0.15, 0.2) is 18.2 Å². The first-order chi connectivity index (χ1) is 9.46. The van der Waals surface area contributed by atoms with E-state index < -0.39 is 47.5 Å². The van der Waals surface area contributed by atoms with Gasteiger partial charge in [-0.3, -0.25) is 4.79 Å². The number of methoxy groups -OCH3 is 1. The van der Waals surface area contributed by atoms with E-state index in [1.54, 1.807) is 0 Å². The summed E-state index contributed by atoms with van der Waals surface area (Å²) in [6.45, 7) is 0. The predicted molar refractivity (Wildman–Crippen MR) is 60.1 cm³/mol. The van der Waals surface area contributed by atoms with Crippen LogP contribution in [0.1, 0.15) is 16.7 Å². The second-order valence-electron chi connectivity index (χ2n) is 4.20. The number of nitrogens with two attached hydrogens (primary N) is 1. The van der Waals surface area contributed by atoms with Crippen molar-refractivity contribution in [2.75, 3.05) is 7.11 Å². The number of ether oxygens (including phenoxy) is 1. The maximum absolute atomic E-state index is 12.8. The number of hydrogen-bond donors (Lipinski definition) is 1. The Balaban J connectivity index is 3.27. The summed E-state index contributed by atoms with van der Waals surface area (Å²) in [4.78, 5) is 11.1. The molecule has 0 aromatic heterocycles. The molecule has 2 N–H and O–H groups in total. The molecule has 118 valence electrons. The first-order valence-electron chi connectivity index (χ1n) is 5.57. The largest absolute Gasteiger partial charge is 0.468 e. The zero-order valence-corrected chi connectivity index (χ0v) is 10.7. The van der Waals surface area contributed by atoms with Gasteiger partial charge in [0.1, 0.15) is 6.04 Å². The molecule has 0 fully saturated rings. The molecule has 0 saturated carbocycles. The first kappa shape index (κ1) is 17.3. The topological polar surface area (TPSA) is 52.3 Å². The van der Waals surface area contributed by atoms with Gasteiger partial charge in [0, 0.05) is 0 Å². The highest BCUT2D eigenvalue weighted by Gasteiger charge is 2.37. The lowest BCUT2D eigenvalue weighted by atomic mass is 9.97. The molecule has 0 aliphatic rings. The van der Waals surface area contributed by atoms with Crippen LogP contribution >= 0.6 is 0 Å². The molecule has 0 radical (unpaired) electrons. The monoisotopic (exact) mass is 315 g/mol. The Labute approximate surface area is 115 Å². The Bertz CT molecular complexity index is 523. The third-order valence-electron chi connectivity index (χ3n) is 2.68. The Morgan fingerprint density at radius 1 is 1.19 bits per heavy atom. The van der Waals surface area contributed by atoms with E-state index in [1.165, 1.54) is 0 Å². The van der Waals surface area contributed by atoms with Crippen molar-refractivity contribution in [3.05, 3.63) is 34.9 Å². The molecule has 0 heterocycles. The van der Waals surface area contributed by atoms with E-state index in [1.807, 2.05) is 0 Å².